The fourth-order valence-corrected chi connectivity index (χ4v) is 1.17. The Labute approximate surface area is 111 Å². The van der Waals surface area contributed by atoms with Gasteiger partial charge in [-0.05, 0) is 24.3 Å². The number of nitrogens with zero attached hydrogens (tertiary/aromatic N) is 1. The van der Waals surface area contributed by atoms with Gasteiger partial charge in [-0.25, -0.2) is 4.79 Å². The van der Waals surface area contributed by atoms with Crippen LogP contribution in [0, 0.1) is 0 Å². The number of aromatic nitrogens is 1. The van der Waals surface area contributed by atoms with Gasteiger partial charge < -0.3 is 14.9 Å². The molecule has 0 radical (unpaired) electrons. The summed E-state index contributed by atoms with van der Waals surface area (Å²) in [7, 11) is 0. The van der Waals surface area contributed by atoms with Crippen LogP contribution in [0.1, 0.15) is 10.4 Å². The van der Waals surface area contributed by atoms with Crippen LogP contribution in [0.15, 0.2) is 54.9 Å². The summed E-state index contributed by atoms with van der Waals surface area (Å²) in [4.78, 5) is 13.8. The summed E-state index contributed by atoms with van der Waals surface area (Å²) in [6, 6.07) is 12.5. The molecule has 0 aliphatic heterocycles. The minimum absolute atomic E-state index is 0.0644. The summed E-state index contributed by atoms with van der Waals surface area (Å²) in [6.45, 7) is 0.429. The number of aromatic carboxylic acids is 1. The van der Waals surface area contributed by atoms with E-state index in [-0.39, 0.29) is 12.2 Å². The van der Waals surface area contributed by atoms with Crippen molar-refractivity contribution in [1.82, 2.24) is 4.98 Å². The lowest BCUT2D eigenvalue weighted by Crippen LogP contribution is -2.00. The van der Waals surface area contributed by atoms with E-state index in [0.29, 0.717) is 6.61 Å². The molecule has 0 amide bonds. The van der Waals surface area contributed by atoms with E-state index in [0.717, 1.165) is 5.75 Å². The molecule has 100 valence electrons. The zero-order valence-corrected chi connectivity index (χ0v) is 10.3. The number of ether oxygens (including phenoxy) is 1. The molecule has 0 bridgehead atoms. The highest BCUT2D eigenvalue weighted by Gasteiger charge is 1.97. The van der Waals surface area contributed by atoms with E-state index in [1.165, 1.54) is 18.5 Å². The van der Waals surface area contributed by atoms with Gasteiger partial charge in [0.25, 0.3) is 0 Å². The molecule has 5 heteroatoms. The van der Waals surface area contributed by atoms with Gasteiger partial charge in [-0.1, -0.05) is 18.2 Å². The largest absolute Gasteiger partial charge is 0.491 e. The molecule has 0 aliphatic rings. The van der Waals surface area contributed by atoms with Gasteiger partial charge >= 0.3 is 5.97 Å². The quantitative estimate of drug-likeness (QED) is 0.877. The number of carboxylic acid groups (broad SMARTS) is 1. The number of carbonyl (C=O) groups is 1. The molecule has 1 heterocycles. The SMILES string of the molecule is O=C(O)c1cccnc1.OCCOc1ccccc1. The van der Waals surface area contributed by atoms with Crippen LogP contribution in [0.25, 0.3) is 0 Å². The lowest BCUT2D eigenvalue weighted by Gasteiger charge is -2.01. The molecule has 0 fully saturated rings. The standard InChI is InChI=1S/C8H10O2.C6H5NO2/c9-6-7-10-8-4-2-1-3-5-8;8-6(9)5-2-1-3-7-4-5/h1-5,9H,6-7H2;1-4H,(H,8,9). The highest BCUT2D eigenvalue weighted by molar-refractivity contribution is 5.86. The number of benzene rings is 1. The number of hydrogen-bond acceptors (Lipinski definition) is 4. The van der Waals surface area contributed by atoms with Crippen molar-refractivity contribution >= 4 is 5.97 Å². The summed E-state index contributed by atoms with van der Waals surface area (Å²) in [6.07, 6.45) is 2.84. The summed E-state index contributed by atoms with van der Waals surface area (Å²) in [5.74, 6) is -0.139. The van der Waals surface area contributed by atoms with Gasteiger partial charge in [0.2, 0.25) is 0 Å². The van der Waals surface area contributed by atoms with Crippen molar-refractivity contribution in [1.29, 1.82) is 0 Å². The molecule has 5 nitrogen and oxygen atoms in total. The average Bonchev–Trinajstić information content (AvgIpc) is 2.48. The topological polar surface area (TPSA) is 79.7 Å². The van der Waals surface area contributed by atoms with Crippen LogP contribution in [0.3, 0.4) is 0 Å². The van der Waals surface area contributed by atoms with Crippen molar-refractivity contribution < 1.29 is 19.7 Å². The Morgan fingerprint density at radius 1 is 1.16 bits per heavy atom. The molecule has 0 unspecified atom stereocenters. The number of hydrogen-bond donors (Lipinski definition) is 2. The van der Waals surface area contributed by atoms with Crippen molar-refractivity contribution in [3.8, 4) is 5.75 Å². The molecule has 0 saturated carbocycles. The van der Waals surface area contributed by atoms with E-state index < -0.39 is 5.97 Å². The number of carboxylic acids is 1. The van der Waals surface area contributed by atoms with Crippen LogP contribution >= 0.6 is 0 Å². The highest BCUT2D eigenvalue weighted by atomic mass is 16.5. The molecular weight excluding hydrogens is 246 g/mol. The number of para-hydroxylation sites is 1. The fraction of sp³-hybridized carbons (Fsp3) is 0.143. The predicted octanol–water partition coefficient (Wildman–Crippen LogP) is 1.84. The Bertz CT molecular complexity index is 473. The fourth-order valence-electron chi connectivity index (χ4n) is 1.17. The van der Waals surface area contributed by atoms with Gasteiger partial charge in [0, 0.05) is 12.4 Å². The highest BCUT2D eigenvalue weighted by Crippen LogP contribution is 2.07. The molecule has 0 atom stereocenters. The first-order chi connectivity index (χ1) is 9.24. The molecule has 1 aromatic carbocycles. The van der Waals surface area contributed by atoms with Gasteiger partial charge in [0.1, 0.15) is 12.4 Å². The average molecular weight is 261 g/mol. The molecule has 2 N–H and O–H groups in total. The Morgan fingerprint density at radius 3 is 2.37 bits per heavy atom. The third kappa shape index (κ3) is 6.18. The molecule has 19 heavy (non-hydrogen) atoms. The Hall–Kier alpha value is -2.40. The summed E-state index contributed by atoms with van der Waals surface area (Å²) < 4.78 is 5.11. The van der Waals surface area contributed by atoms with E-state index in [1.54, 1.807) is 6.07 Å². The monoisotopic (exact) mass is 261 g/mol. The number of pyridine rings is 1. The lowest BCUT2D eigenvalue weighted by atomic mass is 10.3. The maximum absolute atomic E-state index is 10.2. The van der Waals surface area contributed by atoms with Crippen molar-refractivity contribution in [2.45, 2.75) is 0 Å². The van der Waals surface area contributed by atoms with Crippen LogP contribution in [0.2, 0.25) is 0 Å². The van der Waals surface area contributed by atoms with E-state index in [2.05, 4.69) is 4.98 Å². The summed E-state index contributed by atoms with van der Waals surface area (Å²) >= 11 is 0. The van der Waals surface area contributed by atoms with E-state index >= 15 is 0 Å². The Morgan fingerprint density at radius 2 is 1.89 bits per heavy atom. The van der Waals surface area contributed by atoms with Gasteiger partial charge in [-0.3, -0.25) is 4.98 Å². The lowest BCUT2D eigenvalue weighted by molar-refractivity contribution is 0.0696. The normalized spacial score (nSPS) is 9.11. The Kier molecular flexibility index (Phi) is 6.68. The second-order valence-electron chi connectivity index (χ2n) is 3.43. The van der Waals surface area contributed by atoms with Crippen molar-refractivity contribution in [3.63, 3.8) is 0 Å². The maximum Gasteiger partial charge on any atom is 0.337 e. The first kappa shape index (κ1) is 14.7. The molecule has 0 spiro atoms. The first-order valence-electron chi connectivity index (χ1n) is 5.66. The van der Waals surface area contributed by atoms with E-state index in [9.17, 15) is 4.79 Å². The van der Waals surface area contributed by atoms with Crippen molar-refractivity contribution in [2.24, 2.45) is 0 Å². The molecule has 2 rings (SSSR count). The molecular formula is C14H15NO4. The van der Waals surface area contributed by atoms with Crippen LogP contribution in [-0.4, -0.2) is 34.4 Å². The third-order valence-corrected chi connectivity index (χ3v) is 2.01. The van der Waals surface area contributed by atoms with Crippen LogP contribution in [-0.2, 0) is 0 Å². The zero-order valence-electron chi connectivity index (χ0n) is 10.3. The first-order valence-corrected chi connectivity index (χ1v) is 5.66. The molecule has 0 aliphatic carbocycles. The molecule has 1 aromatic heterocycles. The van der Waals surface area contributed by atoms with Gasteiger partial charge in [-0.15, -0.1) is 0 Å². The van der Waals surface area contributed by atoms with E-state index in [1.807, 2.05) is 30.3 Å². The minimum atomic E-state index is -0.942. The minimum Gasteiger partial charge on any atom is -0.491 e. The van der Waals surface area contributed by atoms with Gasteiger partial charge in [-0.2, -0.15) is 0 Å². The second kappa shape index (κ2) is 8.66. The molecule has 0 saturated heterocycles. The number of aliphatic hydroxyl groups is 1. The third-order valence-electron chi connectivity index (χ3n) is 2.01. The van der Waals surface area contributed by atoms with Crippen molar-refractivity contribution in [3.05, 3.63) is 60.4 Å². The van der Waals surface area contributed by atoms with Crippen LogP contribution in [0.4, 0.5) is 0 Å². The van der Waals surface area contributed by atoms with Gasteiger partial charge in [0.05, 0.1) is 12.2 Å². The van der Waals surface area contributed by atoms with Gasteiger partial charge in [0.15, 0.2) is 0 Å². The second-order valence-corrected chi connectivity index (χ2v) is 3.43. The smallest absolute Gasteiger partial charge is 0.337 e. The number of aliphatic hydroxyl groups excluding tert-OH is 1. The summed E-state index contributed by atoms with van der Waals surface area (Å²) in [5.41, 5.74) is 0.220. The predicted molar refractivity (Wildman–Crippen MR) is 70.2 cm³/mol. The summed E-state index contributed by atoms with van der Waals surface area (Å²) in [5, 5.41) is 16.7. The van der Waals surface area contributed by atoms with Crippen molar-refractivity contribution in [2.75, 3.05) is 13.2 Å². The number of rotatable bonds is 4. The van der Waals surface area contributed by atoms with Crippen LogP contribution < -0.4 is 4.74 Å². The molecule has 2 aromatic rings. The van der Waals surface area contributed by atoms with E-state index in [4.69, 9.17) is 14.9 Å². The Balaban J connectivity index is 0.000000191. The maximum atomic E-state index is 10.2. The zero-order chi connectivity index (χ0) is 13.9. The van der Waals surface area contributed by atoms with Crippen LogP contribution in [0.5, 0.6) is 5.75 Å².